The number of aromatic nitrogens is 2. The maximum atomic E-state index is 12.3. The van der Waals surface area contributed by atoms with Gasteiger partial charge in [-0.3, -0.25) is 4.68 Å². The second-order valence-corrected chi connectivity index (χ2v) is 5.62. The van der Waals surface area contributed by atoms with Gasteiger partial charge >= 0.3 is 18.7 Å². The molecular weight excluding hydrogens is 328 g/mol. The Labute approximate surface area is 138 Å². The van der Waals surface area contributed by atoms with Gasteiger partial charge in [-0.15, -0.1) is 5.10 Å². The Morgan fingerprint density at radius 1 is 1.38 bits per heavy atom. The number of halogens is 2. The number of alkyl halides is 2. The van der Waals surface area contributed by atoms with Crippen LogP contribution in [-0.2, 0) is 16.0 Å². The predicted octanol–water partition coefficient (Wildman–Crippen LogP) is 2.19. The van der Waals surface area contributed by atoms with Gasteiger partial charge < -0.3 is 19.5 Å². The average molecular weight is 349 g/mol. The lowest BCUT2D eigenvalue weighted by atomic mass is 10.2. The largest absolute Gasteiger partial charge is 0.461 e. The second-order valence-electron chi connectivity index (χ2n) is 5.62. The molecule has 1 aromatic heterocycles. The van der Waals surface area contributed by atoms with Crippen molar-refractivity contribution in [1.82, 2.24) is 15.1 Å². The normalized spacial score (nSPS) is 11.3. The number of carbonyl (C=O) groups excluding carboxylic acids is 2. The highest BCUT2D eigenvalue weighted by Crippen LogP contribution is 2.15. The standard InChI is InChI=1S/C14H21F2N3O5/c1-5-22-11(20)9-8-10(23-12(15)16)18-19(9)7-6-17-13(21)24-14(2,3)4/h8,12H,5-7H2,1-4H3,(H,17,21). The smallest absolute Gasteiger partial charge is 0.407 e. The number of hydrogen-bond donors (Lipinski definition) is 1. The molecule has 0 saturated heterocycles. The van der Waals surface area contributed by atoms with Gasteiger partial charge in [-0.2, -0.15) is 8.78 Å². The molecule has 1 amide bonds. The summed E-state index contributed by atoms with van der Waals surface area (Å²) in [5.74, 6) is -1.14. The highest BCUT2D eigenvalue weighted by Gasteiger charge is 2.20. The number of alkyl carbamates (subject to hydrolysis) is 1. The highest BCUT2D eigenvalue weighted by atomic mass is 19.3. The summed E-state index contributed by atoms with van der Waals surface area (Å²) >= 11 is 0. The van der Waals surface area contributed by atoms with E-state index in [1.54, 1.807) is 27.7 Å². The zero-order valence-corrected chi connectivity index (χ0v) is 14.0. The van der Waals surface area contributed by atoms with E-state index in [9.17, 15) is 18.4 Å². The molecule has 0 aliphatic carbocycles. The van der Waals surface area contributed by atoms with Gasteiger partial charge in [0.1, 0.15) is 11.3 Å². The summed E-state index contributed by atoms with van der Waals surface area (Å²) in [6.45, 7) is 3.91. The maximum absolute atomic E-state index is 12.3. The topological polar surface area (TPSA) is 91.7 Å². The summed E-state index contributed by atoms with van der Waals surface area (Å²) in [5.41, 5.74) is -0.706. The van der Waals surface area contributed by atoms with Crippen molar-refractivity contribution in [2.24, 2.45) is 0 Å². The molecule has 0 fully saturated rings. The average Bonchev–Trinajstić information content (AvgIpc) is 2.79. The molecule has 0 atom stereocenters. The van der Waals surface area contributed by atoms with Gasteiger partial charge in [-0.1, -0.05) is 0 Å². The Hall–Kier alpha value is -2.39. The van der Waals surface area contributed by atoms with Gasteiger partial charge in [-0.25, -0.2) is 9.59 Å². The van der Waals surface area contributed by atoms with E-state index >= 15 is 0 Å². The van der Waals surface area contributed by atoms with E-state index in [-0.39, 0.29) is 25.4 Å². The molecule has 0 bridgehead atoms. The monoisotopic (exact) mass is 349 g/mol. The fraction of sp³-hybridized carbons (Fsp3) is 0.643. The van der Waals surface area contributed by atoms with Crippen LogP contribution in [0.25, 0.3) is 0 Å². The molecule has 0 aromatic carbocycles. The summed E-state index contributed by atoms with van der Waals surface area (Å²) in [6, 6.07) is 1.05. The molecule has 0 radical (unpaired) electrons. The lowest BCUT2D eigenvalue weighted by Gasteiger charge is -2.19. The van der Waals surface area contributed by atoms with Crippen LogP contribution in [0.2, 0.25) is 0 Å². The minimum Gasteiger partial charge on any atom is -0.461 e. The van der Waals surface area contributed by atoms with Crippen LogP contribution < -0.4 is 10.1 Å². The summed E-state index contributed by atoms with van der Waals surface area (Å²) < 4.78 is 39.7. The Morgan fingerprint density at radius 2 is 2.04 bits per heavy atom. The van der Waals surface area contributed by atoms with E-state index in [2.05, 4.69) is 15.2 Å². The number of carbonyl (C=O) groups is 2. The number of ether oxygens (including phenoxy) is 3. The first-order chi connectivity index (χ1) is 11.1. The molecule has 10 heteroatoms. The van der Waals surface area contributed by atoms with Crippen molar-refractivity contribution in [3.8, 4) is 5.88 Å². The lowest BCUT2D eigenvalue weighted by Crippen LogP contribution is -2.34. The van der Waals surface area contributed by atoms with Gasteiger partial charge in [0.15, 0.2) is 0 Å². The Kier molecular flexibility index (Phi) is 6.93. The van der Waals surface area contributed by atoms with Gasteiger partial charge in [0.25, 0.3) is 0 Å². The van der Waals surface area contributed by atoms with E-state index < -0.39 is 30.2 Å². The van der Waals surface area contributed by atoms with Crippen molar-refractivity contribution in [3.63, 3.8) is 0 Å². The third-order valence-corrected chi connectivity index (χ3v) is 2.44. The zero-order chi connectivity index (χ0) is 18.3. The van der Waals surface area contributed by atoms with E-state index in [0.29, 0.717) is 0 Å². The first kappa shape index (κ1) is 19.7. The molecule has 8 nitrogen and oxygen atoms in total. The van der Waals surface area contributed by atoms with Crippen LogP contribution in [0.4, 0.5) is 13.6 Å². The van der Waals surface area contributed by atoms with Crippen molar-refractivity contribution in [3.05, 3.63) is 11.8 Å². The molecule has 136 valence electrons. The number of hydrogen-bond acceptors (Lipinski definition) is 6. The molecule has 1 N–H and O–H groups in total. The third kappa shape index (κ3) is 6.80. The molecule has 0 unspecified atom stereocenters. The SMILES string of the molecule is CCOC(=O)c1cc(OC(F)F)nn1CCNC(=O)OC(C)(C)C. The molecule has 1 rings (SSSR count). The van der Waals surface area contributed by atoms with Crippen molar-refractivity contribution in [2.45, 2.75) is 46.5 Å². The minimum absolute atomic E-state index is 0.0417. The molecule has 0 spiro atoms. The number of rotatable bonds is 7. The van der Waals surface area contributed by atoms with E-state index in [0.717, 1.165) is 10.7 Å². The fourth-order valence-corrected chi connectivity index (χ4v) is 1.66. The molecule has 0 aliphatic heterocycles. The van der Waals surface area contributed by atoms with Crippen molar-refractivity contribution >= 4 is 12.1 Å². The van der Waals surface area contributed by atoms with Crippen LogP contribution >= 0.6 is 0 Å². The number of nitrogens with one attached hydrogen (secondary N) is 1. The van der Waals surface area contributed by atoms with Crippen molar-refractivity contribution in [2.75, 3.05) is 13.2 Å². The summed E-state index contributed by atoms with van der Waals surface area (Å²) in [7, 11) is 0. The predicted molar refractivity (Wildman–Crippen MR) is 79.1 cm³/mol. The van der Waals surface area contributed by atoms with Crippen LogP contribution in [0.5, 0.6) is 5.88 Å². The first-order valence-corrected chi connectivity index (χ1v) is 7.29. The van der Waals surface area contributed by atoms with Gasteiger partial charge in [0.05, 0.1) is 13.2 Å². The molecule has 0 aliphatic rings. The number of nitrogens with zero attached hydrogens (tertiary/aromatic N) is 2. The number of amides is 1. The van der Waals surface area contributed by atoms with E-state index in [1.807, 2.05) is 0 Å². The highest BCUT2D eigenvalue weighted by molar-refractivity contribution is 5.87. The number of esters is 1. The summed E-state index contributed by atoms with van der Waals surface area (Å²) in [6.07, 6.45) is -0.642. The van der Waals surface area contributed by atoms with Crippen LogP contribution in [0, 0.1) is 0 Å². The Bertz CT molecular complexity index is 569. The summed E-state index contributed by atoms with van der Waals surface area (Å²) in [5, 5.41) is 6.22. The molecule has 24 heavy (non-hydrogen) atoms. The van der Waals surface area contributed by atoms with E-state index in [1.165, 1.54) is 0 Å². The van der Waals surface area contributed by atoms with Crippen LogP contribution in [0.1, 0.15) is 38.2 Å². The second kappa shape index (κ2) is 8.46. The molecule has 1 heterocycles. The van der Waals surface area contributed by atoms with Gasteiger partial charge in [0, 0.05) is 12.6 Å². The van der Waals surface area contributed by atoms with Crippen molar-refractivity contribution in [1.29, 1.82) is 0 Å². The summed E-state index contributed by atoms with van der Waals surface area (Å²) in [4.78, 5) is 23.4. The lowest BCUT2D eigenvalue weighted by molar-refractivity contribution is -0.0532. The van der Waals surface area contributed by atoms with Crippen LogP contribution in [0.15, 0.2) is 6.07 Å². The zero-order valence-electron chi connectivity index (χ0n) is 14.0. The fourth-order valence-electron chi connectivity index (χ4n) is 1.66. The van der Waals surface area contributed by atoms with Crippen molar-refractivity contribution < 1.29 is 32.6 Å². The quantitative estimate of drug-likeness (QED) is 0.759. The van der Waals surface area contributed by atoms with E-state index in [4.69, 9.17) is 9.47 Å². The minimum atomic E-state index is -3.07. The first-order valence-electron chi connectivity index (χ1n) is 7.29. The molecule has 0 saturated carbocycles. The van der Waals surface area contributed by atoms with Gasteiger partial charge in [0.2, 0.25) is 5.88 Å². The van der Waals surface area contributed by atoms with Crippen LogP contribution in [0.3, 0.4) is 0 Å². The Balaban J connectivity index is 2.72. The third-order valence-electron chi connectivity index (χ3n) is 2.44. The Morgan fingerprint density at radius 3 is 2.58 bits per heavy atom. The maximum Gasteiger partial charge on any atom is 0.407 e. The molecular formula is C14H21F2N3O5. The molecule has 1 aromatic rings. The van der Waals surface area contributed by atoms with Crippen LogP contribution in [-0.4, -0.2) is 47.2 Å². The van der Waals surface area contributed by atoms with Gasteiger partial charge in [-0.05, 0) is 27.7 Å².